The summed E-state index contributed by atoms with van der Waals surface area (Å²) >= 11 is 0. The predicted molar refractivity (Wildman–Crippen MR) is 183 cm³/mol. The molecule has 1 aromatic heterocycles. The van der Waals surface area contributed by atoms with Crippen LogP contribution in [-0.2, 0) is 0 Å². The lowest BCUT2D eigenvalue weighted by atomic mass is 10.0. The minimum absolute atomic E-state index is 0.158. The van der Waals surface area contributed by atoms with E-state index in [9.17, 15) is 0 Å². The quantitative estimate of drug-likeness (QED) is 0.200. The van der Waals surface area contributed by atoms with E-state index < -0.39 is 0 Å². The number of fused-ring (bicyclic) bond motifs is 3. The SMILES string of the molecule is C1=CCC(c2nc3ccc4ccc(N(c5ccc(-c6ccccc6)cc5)c5cccc(-c6ccccc6)c5)cc4c3o2)C=C1. The van der Waals surface area contributed by atoms with Gasteiger partial charge in [0, 0.05) is 22.4 Å². The minimum Gasteiger partial charge on any atom is -0.439 e. The van der Waals surface area contributed by atoms with Gasteiger partial charge in [0.2, 0.25) is 5.89 Å². The van der Waals surface area contributed by atoms with E-state index in [4.69, 9.17) is 9.40 Å². The van der Waals surface area contributed by atoms with Gasteiger partial charge in [0.25, 0.3) is 0 Å². The highest BCUT2D eigenvalue weighted by Gasteiger charge is 2.19. The van der Waals surface area contributed by atoms with Crippen LogP contribution in [0, 0.1) is 0 Å². The molecule has 0 saturated carbocycles. The molecule has 1 heterocycles. The van der Waals surface area contributed by atoms with Crippen LogP contribution >= 0.6 is 0 Å². The molecule has 6 aromatic carbocycles. The Kier molecular flexibility index (Phi) is 6.62. The third-order valence-corrected chi connectivity index (χ3v) is 8.37. The average Bonchev–Trinajstić information content (AvgIpc) is 3.55. The van der Waals surface area contributed by atoms with E-state index >= 15 is 0 Å². The Bertz CT molecular complexity index is 2140. The molecule has 0 fully saturated rings. The monoisotopic (exact) mass is 566 g/mol. The molecule has 3 heteroatoms. The summed E-state index contributed by atoms with van der Waals surface area (Å²) in [4.78, 5) is 7.22. The van der Waals surface area contributed by atoms with E-state index in [0.717, 1.165) is 51.2 Å². The van der Waals surface area contributed by atoms with Crippen LogP contribution in [-0.4, -0.2) is 4.98 Å². The molecule has 0 radical (unpaired) electrons. The summed E-state index contributed by atoms with van der Waals surface area (Å²) in [5.41, 5.74) is 9.70. The van der Waals surface area contributed by atoms with Crippen LogP contribution < -0.4 is 4.90 Å². The maximum Gasteiger partial charge on any atom is 0.202 e. The smallest absolute Gasteiger partial charge is 0.202 e. The number of nitrogens with zero attached hydrogens (tertiary/aromatic N) is 2. The summed E-state index contributed by atoms with van der Waals surface area (Å²) in [5.74, 6) is 0.924. The molecule has 44 heavy (non-hydrogen) atoms. The second-order valence-corrected chi connectivity index (χ2v) is 11.2. The van der Waals surface area contributed by atoms with Crippen molar-refractivity contribution in [2.45, 2.75) is 12.3 Å². The van der Waals surface area contributed by atoms with Crippen molar-refractivity contribution in [3.8, 4) is 22.3 Å². The van der Waals surface area contributed by atoms with Gasteiger partial charge in [-0.3, -0.25) is 0 Å². The molecule has 0 spiro atoms. The largest absolute Gasteiger partial charge is 0.439 e. The van der Waals surface area contributed by atoms with Gasteiger partial charge in [-0.1, -0.05) is 121 Å². The number of anilines is 3. The molecule has 210 valence electrons. The van der Waals surface area contributed by atoms with Crippen molar-refractivity contribution in [2.24, 2.45) is 0 Å². The summed E-state index contributed by atoms with van der Waals surface area (Å²) in [6.07, 6.45) is 9.38. The Morgan fingerprint density at radius 1 is 0.568 bits per heavy atom. The van der Waals surface area contributed by atoms with E-state index in [1.54, 1.807) is 0 Å². The molecule has 0 saturated heterocycles. The Morgan fingerprint density at radius 3 is 1.98 bits per heavy atom. The topological polar surface area (TPSA) is 29.3 Å². The highest BCUT2D eigenvalue weighted by atomic mass is 16.3. The van der Waals surface area contributed by atoms with Crippen molar-refractivity contribution >= 4 is 38.9 Å². The van der Waals surface area contributed by atoms with Crippen molar-refractivity contribution in [3.05, 3.63) is 170 Å². The van der Waals surface area contributed by atoms with Gasteiger partial charge in [0.05, 0.1) is 5.92 Å². The second-order valence-electron chi connectivity index (χ2n) is 11.2. The maximum absolute atomic E-state index is 6.49. The molecule has 0 aliphatic heterocycles. The third kappa shape index (κ3) is 4.89. The van der Waals surface area contributed by atoms with E-state index in [0.29, 0.717) is 0 Å². The zero-order valence-electron chi connectivity index (χ0n) is 24.2. The molecule has 1 aliphatic rings. The van der Waals surface area contributed by atoms with Gasteiger partial charge in [-0.25, -0.2) is 4.98 Å². The number of allylic oxidation sites excluding steroid dienone is 4. The molecule has 8 rings (SSSR count). The van der Waals surface area contributed by atoms with Crippen molar-refractivity contribution in [1.82, 2.24) is 4.98 Å². The third-order valence-electron chi connectivity index (χ3n) is 8.37. The number of aromatic nitrogens is 1. The van der Waals surface area contributed by atoms with Gasteiger partial charge in [-0.15, -0.1) is 0 Å². The first-order valence-electron chi connectivity index (χ1n) is 15.1. The molecule has 0 N–H and O–H groups in total. The van der Waals surface area contributed by atoms with Crippen molar-refractivity contribution in [2.75, 3.05) is 4.90 Å². The van der Waals surface area contributed by atoms with Gasteiger partial charge in [0.15, 0.2) is 5.58 Å². The highest BCUT2D eigenvalue weighted by molar-refractivity contribution is 6.05. The van der Waals surface area contributed by atoms with Gasteiger partial charge >= 0.3 is 0 Å². The van der Waals surface area contributed by atoms with Crippen LogP contribution in [0.2, 0.25) is 0 Å². The van der Waals surface area contributed by atoms with E-state index in [1.807, 2.05) is 0 Å². The van der Waals surface area contributed by atoms with Gasteiger partial charge < -0.3 is 9.32 Å². The number of hydrogen-bond acceptors (Lipinski definition) is 3. The van der Waals surface area contributed by atoms with Gasteiger partial charge in [-0.2, -0.15) is 0 Å². The number of benzene rings is 6. The molecule has 0 bridgehead atoms. The molecule has 1 atom stereocenters. The number of rotatable bonds is 6. The van der Waals surface area contributed by atoms with E-state index in [2.05, 4.69) is 169 Å². The summed E-state index contributed by atoms with van der Waals surface area (Å²) in [7, 11) is 0. The summed E-state index contributed by atoms with van der Waals surface area (Å²) in [6.45, 7) is 0. The molecule has 7 aromatic rings. The molecule has 1 aliphatic carbocycles. The molecule has 0 amide bonds. The zero-order chi connectivity index (χ0) is 29.3. The van der Waals surface area contributed by atoms with E-state index in [1.165, 1.54) is 22.3 Å². The van der Waals surface area contributed by atoms with Crippen molar-refractivity contribution in [3.63, 3.8) is 0 Å². The fourth-order valence-electron chi connectivity index (χ4n) is 6.11. The Balaban J connectivity index is 1.27. The van der Waals surface area contributed by atoms with E-state index in [-0.39, 0.29) is 5.92 Å². The summed E-state index contributed by atoms with van der Waals surface area (Å²) in [6, 6.07) is 49.4. The molecular formula is C41H30N2O. The predicted octanol–water partition coefficient (Wildman–Crippen LogP) is 11.4. The average molecular weight is 567 g/mol. The van der Waals surface area contributed by atoms with Gasteiger partial charge in [-0.05, 0) is 76.5 Å². The van der Waals surface area contributed by atoms with Crippen LogP contribution in [0.1, 0.15) is 18.2 Å². The molecule has 1 unspecified atom stereocenters. The van der Waals surface area contributed by atoms with Crippen LogP contribution in [0.4, 0.5) is 17.1 Å². The Labute approximate surface area is 257 Å². The lowest BCUT2D eigenvalue weighted by Gasteiger charge is -2.26. The minimum atomic E-state index is 0.158. The fraction of sp³-hybridized carbons (Fsp3) is 0.0488. The maximum atomic E-state index is 6.49. The lowest BCUT2D eigenvalue weighted by Crippen LogP contribution is -2.10. The summed E-state index contributed by atoms with van der Waals surface area (Å²) < 4.78 is 6.49. The molecular weight excluding hydrogens is 536 g/mol. The lowest BCUT2D eigenvalue weighted by molar-refractivity contribution is 0.507. The molecule has 3 nitrogen and oxygen atoms in total. The Hall–Kier alpha value is -5.67. The number of oxazole rings is 1. The summed E-state index contributed by atoms with van der Waals surface area (Å²) in [5, 5.41) is 2.18. The highest BCUT2D eigenvalue weighted by Crippen LogP contribution is 2.40. The van der Waals surface area contributed by atoms with Crippen LogP contribution in [0.15, 0.2) is 168 Å². The van der Waals surface area contributed by atoms with Crippen LogP contribution in [0.5, 0.6) is 0 Å². The van der Waals surface area contributed by atoms with Crippen molar-refractivity contribution in [1.29, 1.82) is 0 Å². The fourth-order valence-corrected chi connectivity index (χ4v) is 6.11. The van der Waals surface area contributed by atoms with Crippen LogP contribution in [0.3, 0.4) is 0 Å². The first kappa shape index (κ1) is 26.0. The normalized spacial score (nSPS) is 14.3. The number of hydrogen-bond donors (Lipinski definition) is 0. The first-order valence-corrected chi connectivity index (χ1v) is 15.1. The van der Waals surface area contributed by atoms with Crippen LogP contribution in [0.25, 0.3) is 44.1 Å². The van der Waals surface area contributed by atoms with Gasteiger partial charge in [0.1, 0.15) is 5.52 Å². The standard InChI is InChI=1S/C41H30N2O/c1-4-11-29(12-5-1)31-19-23-35(24-20-31)43(36-18-10-17-34(27-36)30-13-6-2-7-14-30)37-25-21-32-22-26-39-40(38(32)28-37)44-41(42-39)33-15-8-3-9-16-33/h1-15,17-28,33H,16H2. The zero-order valence-corrected chi connectivity index (χ0v) is 24.2. The second kappa shape index (κ2) is 11.2. The van der Waals surface area contributed by atoms with Crippen molar-refractivity contribution < 1.29 is 4.42 Å². The first-order chi connectivity index (χ1) is 21.8. The Morgan fingerprint density at radius 2 is 1.23 bits per heavy atom.